The van der Waals surface area contributed by atoms with Crippen LogP contribution in [0.25, 0.3) is 6.08 Å². The molecule has 1 saturated heterocycles. The van der Waals surface area contributed by atoms with Gasteiger partial charge in [-0.25, -0.2) is 9.59 Å². The summed E-state index contributed by atoms with van der Waals surface area (Å²) in [4.78, 5) is 40.0. The number of carbonyl (C=O) groups excluding carboxylic acids is 1. The van der Waals surface area contributed by atoms with Gasteiger partial charge in [-0.1, -0.05) is 67.7 Å². The number of Topliss-reactive ketones (excluding diaryl/α,β-unsaturated/α-hetero) is 1. The van der Waals surface area contributed by atoms with Crippen molar-refractivity contribution in [3.63, 3.8) is 0 Å². The maximum absolute atomic E-state index is 14.7. The average molecular weight is 841 g/mol. The van der Waals surface area contributed by atoms with Crippen LogP contribution in [0.5, 0.6) is 28.7 Å². The Kier molecular flexibility index (Phi) is 14.1. The van der Waals surface area contributed by atoms with Crippen LogP contribution in [-0.2, 0) is 27.2 Å². The average Bonchev–Trinajstić information content (AvgIpc) is 3.38. The minimum Gasteiger partial charge on any atom is -0.508 e. The zero-order valence-electron chi connectivity index (χ0n) is 37.2. The number of rotatable bonds is 14. The molecule has 2 aromatic rings. The van der Waals surface area contributed by atoms with Crippen LogP contribution in [0, 0.1) is 5.92 Å². The molecule has 3 heterocycles. The molecule has 1 aliphatic carbocycles. The second-order valence-corrected chi connectivity index (χ2v) is 18.1. The van der Waals surface area contributed by atoms with Crippen LogP contribution in [0.15, 0.2) is 70.9 Å². The summed E-state index contributed by atoms with van der Waals surface area (Å²) in [5.41, 5.74) is -1.74. The van der Waals surface area contributed by atoms with Gasteiger partial charge in [0.1, 0.15) is 39.9 Å². The molecule has 0 aromatic heterocycles. The van der Waals surface area contributed by atoms with Gasteiger partial charge in [0.25, 0.3) is 0 Å². The Hall–Kier alpha value is -5.29. The van der Waals surface area contributed by atoms with Gasteiger partial charge in [-0.2, -0.15) is 0 Å². The van der Waals surface area contributed by atoms with Gasteiger partial charge in [-0.15, -0.1) is 0 Å². The van der Waals surface area contributed by atoms with Gasteiger partial charge in [0, 0.05) is 35.1 Å². The summed E-state index contributed by atoms with van der Waals surface area (Å²) in [6, 6.07) is 4.81. The summed E-state index contributed by atoms with van der Waals surface area (Å²) in [6.07, 6.45) is 18.8. The molecule has 4 atom stereocenters. The van der Waals surface area contributed by atoms with Gasteiger partial charge in [0.15, 0.2) is 11.4 Å². The van der Waals surface area contributed by atoms with Crippen molar-refractivity contribution in [2.24, 2.45) is 5.92 Å². The van der Waals surface area contributed by atoms with Gasteiger partial charge >= 0.3 is 11.9 Å². The van der Waals surface area contributed by atoms with E-state index >= 15 is 0 Å². The van der Waals surface area contributed by atoms with Gasteiger partial charge in [0.2, 0.25) is 5.60 Å². The number of benzene rings is 2. The number of carbonyl (C=O) groups is 3. The number of ketones is 1. The molecular weight excluding hydrogens is 777 g/mol. The second kappa shape index (κ2) is 18.4. The smallest absolute Gasteiger partial charge is 0.340 e. The minimum atomic E-state index is -2.16. The van der Waals surface area contributed by atoms with Crippen molar-refractivity contribution in [1.82, 2.24) is 0 Å². The lowest BCUT2D eigenvalue weighted by Crippen LogP contribution is -2.66. The normalized spacial score (nSPS) is 24.3. The molecule has 4 unspecified atom stereocenters. The van der Waals surface area contributed by atoms with Crippen molar-refractivity contribution in [3.8, 4) is 28.7 Å². The van der Waals surface area contributed by atoms with E-state index in [1.807, 2.05) is 46.8 Å². The molecule has 11 nitrogen and oxygen atoms in total. The van der Waals surface area contributed by atoms with Crippen LogP contribution in [0.2, 0.25) is 0 Å². The Morgan fingerprint density at radius 2 is 1.61 bits per heavy atom. The van der Waals surface area contributed by atoms with E-state index in [2.05, 4.69) is 13.0 Å². The Bertz CT molecular complexity index is 2200. The molecule has 0 saturated carbocycles. The Balaban J connectivity index is 0.000000427. The fourth-order valence-electron chi connectivity index (χ4n) is 9.17. The predicted molar refractivity (Wildman–Crippen MR) is 236 cm³/mol. The molecule has 2 aromatic carbocycles. The maximum Gasteiger partial charge on any atom is 0.340 e. The molecule has 1 fully saturated rings. The number of hydrogen-bond donors (Lipinski definition) is 5. The zero-order valence-corrected chi connectivity index (χ0v) is 37.2. The van der Waals surface area contributed by atoms with Crippen molar-refractivity contribution in [1.29, 1.82) is 0 Å². The number of fused-ring (bicyclic) bond motifs is 2. The summed E-state index contributed by atoms with van der Waals surface area (Å²) in [5, 5.41) is 51.0. The Morgan fingerprint density at radius 1 is 0.902 bits per heavy atom. The fourth-order valence-corrected chi connectivity index (χ4v) is 9.17. The number of unbranched alkanes of at least 4 members (excludes halogenated alkanes) is 3. The molecular formula is C50H64O11. The number of phenols is 3. The van der Waals surface area contributed by atoms with Gasteiger partial charge in [-0.05, 0) is 124 Å². The van der Waals surface area contributed by atoms with Gasteiger partial charge < -0.3 is 39.7 Å². The van der Waals surface area contributed by atoms with Crippen molar-refractivity contribution in [2.75, 3.05) is 0 Å². The van der Waals surface area contributed by atoms with Crippen LogP contribution >= 0.6 is 0 Å². The van der Waals surface area contributed by atoms with E-state index in [9.17, 15) is 34.8 Å². The Morgan fingerprint density at radius 3 is 2.23 bits per heavy atom. The molecule has 11 heteroatoms. The Labute approximate surface area is 360 Å². The lowest BCUT2D eigenvalue weighted by atomic mass is 9.60. The number of aromatic hydroxyl groups is 3. The number of ether oxygens (including phenoxy) is 3. The number of aliphatic carboxylic acids is 2. The highest BCUT2D eigenvalue weighted by Gasteiger charge is 2.77. The summed E-state index contributed by atoms with van der Waals surface area (Å²) in [5.74, 6) is -3.20. The molecule has 5 N–H and O–H groups in total. The fraction of sp³-hybridized carbons (Fsp3) is 0.500. The first-order chi connectivity index (χ1) is 28.6. The summed E-state index contributed by atoms with van der Waals surface area (Å²) in [6.45, 7) is 17.1. The van der Waals surface area contributed by atoms with E-state index in [0.717, 1.165) is 30.4 Å². The minimum absolute atomic E-state index is 0.0407. The molecule has 61 heavy (non-hydrogen) atoms. The van der Waals surface area contributed by atoms with E-state index < -0.39 is 46.0 Å². The van der Waals surface area contributed by atoms with E-state index in [0.29, 0.717) is 42.6 Å². The first kappa shape index (κ1) is 46.8. The van der Waals surface area contributed by atoms with Crippen molar-refractivity contribution in [3.05, 3.63) is 93.1 Å². The van der Waals surface area contributed by atoms with Crippen molar-refractivity contribution >= 4 is 23.8 Å². The van der Waals surface area contributed by atoms with Crippen molar-refractivity contribution in [2.45, 2.75) is 155 Å². The number of carboxylic acid groups (broad SMARTS) is 2. The largest absolute Gasteiger partial charge is 0.508 e. The molecule has 6 rings (SSSR count). The molecule has 3 aliphatic heterocycles. The molecule has 1 spiro atoms. The predicted octanol–water partition coefficient (Wildman–Crippen LogP) is 10.7. The van der Waals surface area contributed by atoms with E-state index in [1.165, 1.54) is 43.9 Å². The third kappa shape index (κ3) is 9.18. The molecule has 0 bridgehead atoms. The quantitative estimate of drug-likeness (QED) is 0.0694. The first-order valence-corrected chi connectivity index (χ1v) is 21.5. The number of phenolic OH excluding ortho intramolecular Hbond substituents is 3. The van der Waals surface area contributed by atoms with Crippen LogP contribution in [0.3, 0.4) is 0 Å². The molecule has 0 radical (unpaired) electrons. The first-order valence-electron chi connectivity index (χ1n) is 21.5. The van der Waals surface area contributed by atoms with Crippen LogP contribution in [-0.4, -0.2) is 65.7 Å². The molecule has 330 valence electrons. The van der Waals surface area contributed by atoms with Gasteiger partial charge in [-0.3, -0.25) is 4.79 Å². The molecule has 0 amide bonds. The van der Waals surface area contributed by atoms with E-state index in [4.69, 9.17) is 19.3 Å². The third-order valence-electron chi connectivity index (χ3n) is 12.4. The number of hydrogen-bond acceptors (Lipinski definition) is 9. The monoisotopic (exact) mass is 840 g/mol. The highest BCUT2D eigenvalue weighted by Crippen LogP contribution is 2.64. The highest BCUT2D eigenvalue weighted by molar-refractivity contribution is 6.17. The van der Waals surface area contributed by atoms with Crippen LogP contribution in [0.4, 0.5) is 0 Å². The standard InChI is InChI=1S/C38H46O9.C12H18O2/c1-21(2)11-10-18-36(8)19-17-24-29(39)28-30(40)26-12-9-13-27-35(6,7)47-37(34(43)44,20-16-23(5)33(41)42)38(26,27)46-32(28)25(31(24)45-36)15-14-22(3)4;1-2-3-4-5-6-10-7-8-11(13)9-12(10)14/h11-12,14,16-17,19,27,39H,9-10,13,15,18,20H2,1-8H3,(H,41,42)(H,43,44);7-9,13-14H,2-6H2,1H3. The topological polar surface area (TPSA) is 180 Å². The second-order valence-electron chi connectivity index (χ2n) is 18.1. The van der Waals surface area contributed by atoms with Crippen LogP contribution < -0.4 is 9.47 Å². The summed E-state index contributed by atoms with van der Waals surface area (Å²) < 4.78 is 20.2. The lowest BCUT2D eigenvalue weighted by Gasteiger charge is -2.50. The van der Waals surface area contributed by atoms with Crippen molar-refractivity contribution < 1.29 is 54.1 Å². The SMILES string of the molecule is CC(C)=CCCC1(C)C=Cc2c(O)c3c(c(CC=C(C)C)c2O1)OC12C(=CCCC1C(C)(C)OC2(CC=C(C)C(=O)O)C(=O)O)C3=O.CCCCCCc1ccc(O)cc1O. The van der Waals surface area contributed by atoms with Gasteiger partial charge in [0.05, 0.1) is 11.2 Å². The summed E-state index contributed by atoms with van der Waals surface area (Å²) >= 11 is 0. The number of aryl methyl sites for hydroxylation is 1. The number of carboxylic acids is 2. The summed E-state index contributed by atoms with van der Waals surface area (Å²) in [7, 11) is 0. The van der Waals surface area contributed by atoms with E-state index in [-0.39, 0.29) is 46.1 Å². The lowest BCUT2D eigenvalue weighted by molar-refractivity contribution is -0.184. The van der Waals surface area contributed by atoms with Crippen LogP contribution in [0.1, 0.15) is 147 Å². The van der Waals surface area contributed by atoms with E-state index in [1.54, 1.807) is 38.1 Å². The third-order valence-corrected chi connectivity index (χ3v) is 12.4. The molecule has 4 aliphatic rings. The highest BCUT2D eigenvalue weighted by atomic mass is 16.6. The zero-order chi connectivity index (χ0) is 45.1. The number of allylic oxidation sites excluding steroid dienone is 5. The maximum atomic E-state index is 14.7.